The van der Waals surface area contributed by atoms with Crippen molar-refractivity contribution in [1.82, 2.24) is 4.90 Å². The van der Waals surface area contributed by atoms with Gasteiger partial charge >= 0.3 is 0 Å². The highest BCUT2D eigenvalue weighted by atomic mass is 15.1. The lowest BCUT2D eigenvalue weighted by Gasteiger charge is -2.30. The van der Waals surface area contributed by atoms with Gasteiger partial charge in [0.05, 0.1) is 6.07 Å². The van der Waals surface area contributed by atoms with Crippen molar-refractivity contribution in [2.75, 3.05) is 13.6 Å². The summed E-state index contributed by atoms with van der Waals surface area (Å²) in [6, 6.07) is 2.49. The molecule has 82 valence electrons. The van der Waals surface area contributed by atoms with Crippen molar-refractivity contribution in [2.24, 2.45) is 11.7 Å². The maximum absolute atomic E-state index is 8.81. The molecule has 0 aliphatic heterocycles. The maximum atomic E-state index is 8.81. The third-order valence-electron chi connectivity index (χ3n) is 2.38. The van der Waals surface area contributed by atoms with Gasteiger partial charge < -0.3 is 10.6 Å². The van der Waals surface area contributed by atoms with Crippen LogP contribution < -0.4 is 5.73 Å². The van der Waals surface area contributed by atoms with Crippen LogP contribution in [0.5, 0.6) is 0 Å². The minimum absolute atomic E-state index is 0.354. The molecule has 3 heteroatoms. The zero-order chi connectivity index (χ0) is 11.4. The molecule has 0 spiro atoms. The summed E-state index contributed by atoms with van der Waals surface area (Å²) in [5, 5.41) is 8.81. The number of rotatable bonds is 5. The van der Waals surface area contributed by atoms with E-state index in [-0.39, 0.29) is 0 Å². The molecule has 0 aromatic carbocycles. The number of nitrogens with two attached hydrogens (primary N) is 1. The lowest BCUT2D eigenvalue weighted by molar-refractivity contribution is 0.204. The quantitative estimate of drug-likeness (QED) is 0.728. The van der Waals surface area contributed by atoms with E-state index >= 15 is 0 Å². The summed E-state index contributed by atoms with van der Waals surface area (Å²) < 4.78 is 0. The molecule has 0 aliphatic rings. The molecule has 0 saturated heterocycles. The lowest BCUT2D eigenvalue weighted by Crippen LogP contribution is -2.43. The van der Waals surface area contributed by atoms with Crippen LogP contribution in [0.15, 0.2) is 0 Å². The van der Waals surface area contributed by atoms with E-state index in [2.05, 4.69) is 38.8 Å². The van der Waals surface area contributed by atoms with E-state index < -0.39 is 5.54 Å². The monoisotopic (exact) mass is 197 g/mol. The average molecular weight is 197 g/mol. The van der Waals surface area contributed by atoms with E-state index in [4.69, 9.17) is 11.0 Å². The standard InChI is InChI=1S/C11H23N3/c1-9(2)7-14(5)10(3)6-11(4,13)8-12/h9-10H,6-7,13H2,1-5H3. The highest BCUT2D eigenvalue weighted by Crippen LogP contribution is 2.12. The van der Waals surface area contributed by atoms with Crippen LogP contribution in [0.25, 0.3) is 0 Å². The summed E-state index contributed by atoms with van der Waals surface area (Å²) >= 11 is 0. The summed E-state index contributed by atoms with van der Waals surface area (Å²) in [5.74, 6) is 0.647. The van der Waals surface area contributed by atoms with Crippen molar-refractivity contribution < 1.29 is 0 Å². The van der Waals surface area contributed by atoms with E-state index in [0.717, 1.165) is 6.54 Å². The van der Waals surface area contributed by atoms with Crippen LogP contribution in [0.2, 0.25) is 0 Å². The molecule has 2 N–H and O–H groups in total. The zero-order valence-electron chi connectivity index (χ0n) is 10.0. The van der Waals surface area contributed by atoms with Crippen LogP contribution in [-0.4, -0.2) is 30.1 Å². The molecule has 0 saturated carbocycles. The highest BCUT2D eigenvalue weighted by molar-refractivity contribution is 5.02. The molecule has 0 radical (unpaired) electrons. The summed E-state index contributed by atoms with van der Waals surface area (Å²) in [7, 11) is 2.08. The number of hydrogen-bond acceptors (Lipinski definition) is 3. The average Bonchev–Trinajstić information content (AvgIpc) is 2.02. The van der Waals surface area contributed by atoms with E-state index in [1.54, 1.807) is 6.92 Å². The second kappa shape index (κ2) is 5.33. The zero-order valence-corrected chi connectivity index (χ0v) is 10.0. The molecule has 0 aliphatic carbocycles. The minimum Gasteiger partial charge on any atom is -0.314 e. The van der Waals surface area contributed by atoms with Crippen LogP contribution in [0.1, 0.15) is 34.1 Å². The van der Waals surface area contributed by atoms with Crippen LogP contribution >= 0.6 is 0 Å². The van der Waals surface area contributed by atoms with Crippen LogP contribution in [0, 0.1) is 17.2 Å². The first-order valence-corrected chi connectivity index (χ1v) is 5.19. The highest BCUT2D eigenvalue weighted by Gasteiger charge is 2.23. The summed E-state index contributed by atoms with van der Waals surface area (Å²) in [4.78, 5) is 2.26. The molecule has 14 heavy (non-hydrogen) atoms. The molecular formula is C11H23N3. The fraction of sp³-hybridized carbons (Fsp3) is 0.909. The van der Waals surface area contributed by atoms with Crippen molar-refractivity contribution >= 4 is 0 Å². The Morgan fingerprint density at radius 1 is 1.43 bits per heavy atom. The van der Waals surface area contributed by atoms with Gasteiger partial charge in [0.15, 0.2) is 0 Å². The molecule has 0 amide bonds. The van der Waals surface area contributed by atoms with E-state index in [0.29, 0.717) is 18.4 Å². The Hall–Kier alpha value is -0.590. The van der Waals surface area contributed by atoms with Gasteiger partial charge in [-0.2, -0.15) is 5.26 Å². The summed E-state index contributed by atoms with van der Waals surface area (Å²) in [6.45, 7) is 9.32. The summed E-state index contributed by atoms with van der Waals surface area (Å²) in [5.41, 5.74) is 5.09. The maximum Gasteiger partial charge on any atom is 0.102 e. The van der Waals surface area contributed by atoms with Crippen molar-refractivity contribution in [3.05, 3.63) is 0 Å². The Morgan fingerprint density at radius 3 is 2.29 bits per heavy atom. The van der Waals surface area contributed by atoms with E-state index in [1.165, 1.54) is 0 Å². The Balaban J connectivity index is 4.09. The molecule has 0 fully saturated rings. The predicted octanol–water partition coefficient (Wildman–Crippen LogP) is 1.59. The fourth-order valence-corrected chi connectivity index (χ4v) is 1.57. The van der Waals surface area contributed by atoms with E-state index in [9.17, 15) is 0 Å². The van der Waals surface area contributed by atoms with Crippen LogP contribution in [0.3, 0.4) is 0 Å². The second-order valence-electron chi connectivity index (χ2n) is 4.92. The van der Waals surface area contributed by atoms with Gasteiger partial charge in [-0.05, 0) is 33.2 Å². The molecule has 0 aromatic rings. The first-order chi connectivity index (χ1) is 6.28. The lowest BCUT2D eigenvalue weighted by atomic mass is 9.96. The number of nitriles is 1. The van der Waals surface area contributed by atoms with Crippen molar-refractivity contribution in [2.45, 2.75) is 45.7 Å². The molecule has 0 heterocycles. The molecule has 0 bridgehead atoms. The van der Waals surface area contributed by atoms with Crippen molar-refractivity contribution in [3.8, 4) is 6.07 Å². The third kappa shape index (κ3) is 5.21. The van der Waals surface area contributed by atoms with Crippen LogP contribution in [-0.2, 0) is 0 Å². The molecule has 3 nitrogen and oxygen atoms in total. The van der Waals surface area contributed by atoms with Gasteiger partial charge in [0, 0.05) is 12.6 Å². The van der Waals surface area contributed by atoms with Crippen molar-refractivity contribution in [1.29, 1.82) is 5.26 Å². The normalized spacial score (nSPS) is 17.9. The molecular weight excluding hydrogens is 174 g/mol. The van der Waals surface area contributed by atoms with Gasteiger partial charge in [-0.3, -0.25) is 0 Å². The SMILES string of the molecule is CC(C)CN(C)C(C)CC(C)(N)C#N. The first-order valence-electron chi connectivity index (χ1n) is 5.19. The molecule has 0 aromatic heterocycles. The van der Waals surface area contributed by atoms with Crippen LogP contribution in [0.4, 0.5) is 0 Å². The van der Waals surface area contributed by atoms with Gasteiger partial charge in [-0.1, -0.05) is 13.8 Å². The second-order valence-corrected chi connectivity index (χ2v) is 4.92. The first kappa shape index (κ1) is 13.4. The minimum atomic E-state index is -0.704. The van der Waals surface area contributed by atoms with E-state index in [1.807, 2.05) is 0 Å². The van der Waals surface area contributed by atoms with Gasteiger partial charge in [-0.15, -0.1) is 0 Å². The number of nitrogens with zero attached hydrogens (tertiary/aromatic N) is 2. The fourth-order valence-electron chi connectivity index (χ4n) is 1.57. The van der Waals surface area contributed by atoms with Gasteiger partial charge in [0.2, 0.25) is 0 Å². The third-order valence-corrected chi connectivity index (χ3v) is 2.38. The Labute approximate surface area is 87.9 Å². The Kier molecular flexibility index (Phi) is 5.11. The largest absolute Gasteiger partial charge is 0.314 e. The Morgan fingerprint density at radius 2 is 1.93 bits per heavy atom. The van der Waals surface area contributed by atoms with Gasteiger partial charge in [0.25, 0.3) is 0 Å². The van der Waals surface area contributed by atoms with Gasteiger partial charge in [0.1, 0.15) is 5.54 Å². The van der Waals surface area contributed by atoms with Gasteiger partial charge in [-0.25, -0.2) is 0 Å². The summed E-state index contributed by atoms with van der Waals surface area (Å²) in [6.07, 6.45) is 0.715. The molecule has 0 rings (SSSR count). The smallest absolute Gasteiger partial charge is 0.102 e. The number of hydrogen-bond donors (Lipinski definition) is 1. The van der Waals surface area contributed by atoms with Crippen molar-refractivity contribution in [3.63, 3.8) is 0 Å². The predicted molar refractivity (Wildman–Crippen MR) is 59.8 cm³/mol. The molecule has 2 unspecified atom stereocenters. The topological polar surface area (TPSA) is 53.0 Å². The molecule has 2 atom stereocenters. The Bertz CT molecular complexity index is 203.